The van der Waals surface area contributed by atoms with Crippen LogP contribution in [0, 0.1) is 0 Å². The summed E-state index contributed by atoms with van der Waals surface area (Å²) in [5.41, 5.74) is 1.83. The number of amides is 1. The number of piperidine rings is 1. The Morgan fingerprint density at radius 1 is 1.06 bits per heavy atom. The van der Waals surface area contributed by atoms with Crippen molar-refractivity contribution in [2.24, 2.45) is 0 Å². The summed E-state index contributed by atoms with van der Waals surface area (Å²) in [6.07, 6.45) is 0.135. The fourth-order valence-corrected chi connectivity index (χ4v) is 4.80. The number of aromatic nitrogens is 4. The Morgan fingerprint density at radius 3 is 2.63 bits per heavy atom. The number of nitrogens with zero attached hydrogens (tertiary/aromatic N) is 7. The molecule has 35 heavy (non-hydrogen) atoms. The van der Waals surface area contributed by atoms with Gasteiger partial charge in [0.2, 0.25) is 5.91 Å². The number of alkyl halides is 1. The Balaban J connectivity index is 1.13. The number of fused-ring (bicyclic) bond motifs is 1. The van der Waals surface area contributed by atoms with Crippen LogP contribution in [0.25, 0.3) is 5.65 Å². The third-order valence-corrected chi connectivity index (χ3v) is 6.94. The SMILES string of the molecule is CN1CCN(c2ccc3nnc(CCC(=O)N[C@@H]4CCN(Cc5ccccc5)C[C@H]4F)n3n2)CC1. The van der Waals surface area contributed by atoms with Crippen LogP contribution in [0.5, 0.6) is 0 Å². The van der Waals surface area contributed by atoms with Gasteiger partial charge < -0.3 is 15.1 Å². The Hall–Kier alpha value is -3.11. The number of carbonyl (C=O) groups is 1. The van der Waals surface area contributed by atoms with Gasteiger partial charge in [0.1, 0.15) is 12.0 Å². The molecule has 9 nitrogen and oxygen atoms in total. The van der Waals surface area contributed by atoms with Crippen molar-refractivity contribution >= 4 is 17.4 Å². The van der Waals surface area contributed by atoms with Gasteiger partial charge in [-0.3, -0.25) is 9.69 Å². The van der Waals surface area contributed by atoms with Crippen molar-refractivity contribution < 1.29 is 9.18 Å². The van der Waals surface area contributed by atoms with Gasteiger partial charge in [-0.1, -0.05) is 30.3 Å². The molecule has 2 aliphatic rings. The van der Waals surface area contributed by atoms with Gasteiger partial charge in [-0.25, -0.2) is 4.39 Å². The Labute approximate surface area is 204 Å². The number of hydrogen-bond acceptors (Lipinski definition) is 7. The monoisotopic (exact) mass is 480 g/mol. The lowest BCUT2D eigenvalue weighted by Crippen LogP contribution is -2.52. The largest absolute Gasteiger partial charge is 0.353 e. The molecule has 3 aromatic rings. The second kappa shape index (κ2) is 10.7. The number of anilines is 1. The third kappa shape index (κ3) is 5.76. The first kappa shape index (κ1) is 23.6. The normalized spacial score (nSPS) is 21.9. The summed E-state index contributed by atoms with van der Waals surface area (Å²) in [5, 5.41) is 16.1. The minimum Gasteiger partial charge on any atom is -0.353 e. The molecular formula is C25H33FN8O. The molecule has 186 valence electrons. The highest BCUT2D eigenvalue weighted by molar-refractivity contribution is 5.76. The molecule has 1 amide bonds. The highest BCUT2D eigenvalue weighted by Crippen LogP contribution is 2.18. The van der Waals surface area contributed by atoms with Crippen LogP contribution in [0.1, 0.15) is 24.2 Å². The van der Waals surface area contributed by atoms with E-state index in [1.807, 2.05) is 30.3 Å². The predicted molar refractivity (Wildman–Crippen MR) is 132 cm³/mol. The number of carbonyl (C=O) groups excluding carboxylic acids is 1. The number of piperazine rings is 1. The van der Waals surface area contributed by atoms with Crippen molar-refractivity contribution in [1.82, 2.24) is 34.9 Å². The van der Waals surface area contributed by atoms with E-state index in [9.17, 15) is 9.18 Å². The number of halogens is 1. The highest BCUT2D eigenvalue weighted by Gasteiger charge is 2.30. The Bertz CT molecular complexity index is 1130. The number of rotatable bonds is 7. The zero-order valence-electron chi connectivity index (χ0n) is 20.2. The summed E-state index contributed by atoms with van der Waals surface area (Å²) in [5.74, 6) is 1.36. The molecule has 0 unspecified atom stereocenters. The lowest BCUT2D eigenvalue weighted by Gasteiger charge is -2.35. The van der Waals surface area contributed by atoms with Crippen LogP contribution in [0.15, 0.2) is 42.5 Å². The summed E-state index contributed by atoms with van der Waals surface area (Å²) >= 11 is 0. The first-order valence-corrected chi connectivity index (χ1v) is 12.4. The van der Waals surface area contributed by atoms with Crippen molar-refractivity contribution in [3.05, 3.63) is 53.9 Å². The van der Waals surface area contributed by atoms with Crippen LogP contribution in [0.2, 0.25) is 0 Å². The van der Waals surface area contributed by atoms with Crippen LogP contribution >= 0.6 is 0 Å². The molecule has 4 heterocycles. The summed E-state index contributed by atoms with van der Waals surface area (Å²) in [7, 11) is 2.12. The molecule has 0 spiro atoms. The third-order valence-electron chi connectivity index (χ3n) is 6.94. The average molecular weight is 481 g/mol. The molecule has 10 heteroatoms. The van der Waals surface area contributed by atoms with E-state index in [2.05, 4.69) is 49.4 Å². The van der Waals surface area contributed by atoms with Gasteiger partial charge in [-0.15, -0.1) is 15.3 Å². The fraction of sp³-hybridized carbons (Fsp3) is 0.520. The van der Waals surface area contributed by atoms with Gasteiger partial charge in [0.15, 0.2) is 11.5 Å². The van der Waals surface area contributed by atoms with E-state index in [4.69, 9.17) is 5.10 Å². The van der Waals surface area contributed by atoms with E-state index in [-0.39, 0.29) is 12.3 Å². The Kier molecular flexibility index (Phi) is 7.19. The van der Waals surface area contributed by atoms with Crippen molar-refractivity contribution in [3.8, 4) is 0 Å². The lowest BCUT2D eigenvalue weighted by atomic mass is 10.0. The molecular weight excluding hydrogens is 447 g/mol. The van der Waals surface area contributed by atoms with E-state index in [0.29, 0.717) is 30.9 Å². The van der Waals surface area contributed by atoms with Crippen molar-refractivity contribution in [3.63, 3.8) is 0 Å². The summed E-state index contributed by atoms with van der Waals surface area (Å²) < 4.78 is 16.6. The molecule has 2 fully saturated rings. The van der Waals surface area contributed by atoms with E-state index < -0.39 is 12.2 Å². The molecule has 1 N–H and O–H groups in total. The first-order valence-electron chi connectivity index (χ1n) is 12.4. The molecule has 2 atom stereocenters. The maximum atomic E-state index is 14.8. The number of likely N-dealkylation sites (N-methyl/N-ethyl adjacent to an activating group) is 1. The molecule has 0 aliphatic carbocycles. The van der Waals surface area contributed by atoms with Gasteiger partial charge in [0, 0.05) is 58.7 Å². The van der Waals surface area contributed by atoms with Crippen LogP contribution in [-0.4, -0.2) is 94.0 Å². The van der Waals surface area contributed by atoms with Crippen molar-refractivity contribution in [2.45, 2.75) is 38.0 Å². The van der Waals surface area contributed by atoms with Crippen LogP contribution in [-0.2, 0) is 17.8 Å². The standard InChI is InChI=1S/C25H33FN8O/c1-31-13-15-33(16-14-31)24-8-7-22-28-29-23(34(22)30-24)9-10-25(35)27-21-11-12-32(18-20(21)26)17-19-5-3-2-4-6-19/h2-8,20-21H,9-18H2,1H3,(H,27,35)/t20-,21-/m1/s1. The van der Waals surface area contributed by atoms with Gasteiger partial charge in [-0.05, 0) is 31.2 Å². The maximum absolute atomic E-state index is 14.8. The zero-order valence-corrected chi connectivity index (χ0v) is 20.2. The number of nitrogens with one attached hydrogen (secondary N) is 1. The van der Waals surface area contributed by atoms with Crippen molar-refractivity contribution in [2.75, 3.05) is 51.2 Å². The number of aryl methyl sites for hydroxylation is 1. The summed E-state index contributed by atoms with van der Waals surface area (Å²) in [6, 6.07) is 13.5. The van der Waals surface area contributed by atoms with E-state index >= 15 is 0 Å². The molecule has 2 saturated heterocycles. The van der Waals surface area contributed by atoms with E-state index in [0.717, 1.165) is 45.1 Å². The quantitative estimate of drug-likeness (QED) is 0.549. The molecule has 0 radical (unpaired) electrons. The summed E-state index contributed by atoms with van der Waals surface area (Å²) in [6.45, 7) is 5.64. The van der Waals surface area contributed by atoms with Crippen LogP contribution < -0.4 is 10.2 Å². The molecule has 2 aliphatic heterocycles. The smallest absolute Gasteiger partial charge is 0.220 e. The molecule has 5 rings (SSSR count). The second-order valence-corrected chi connectivity index (χ2v) is 9.57. The molecule has 0 saturated carbocycles. The summed E-state index contributed by atoms with van der Waals surface area (Å²) in [4.78, 5) is 19.3. The molecule has 2 aromatic heterocycles. The lowest BCUT2D eigenvalue weighted by molar-refractivity contribution is -0.122. The predicted octanol–water partition coefficient (Wildman–Crippen LogP) is 1.54. The number of hydrogen-bond donors (Lipinski definition) is 1. The zero-order chi connectivity index (χ0) is 24.2. The molecule has 0 bridgehead atoms. The Morgan fingerprint density at radius 2 is 1.86 bits per heavy atom. The van der Waals surface area contributed by atoms with E-state index in [1.165, 1.54) is 5.56 Å². The van der Waals surface area contributed by atoms with Crippen LogP contribution in [0.4, 0.5) is 10.2 Å². The van der Waals surface area contributed by atoms with Crippen LogP contribution in [0.3, 0.4) is 0 Å². The first-order chi connectivity index (χ1) is 17.0. The average Bonchev–Trinajstić information content (AvgIpc) is 3.28. The topological polar surface area (TPSA) is 81.9 Å². The van der Waals surface area contributed by atoms with E-state index in [1.54, 1.807) is 4.52 Å². The van der Waals surface area contributed by atoms with Gasteiger partial charge in [0.25, 0.3) is 0 Å². The van der Waals surface area contributed by atoms with Gasteiger partial charge in [-0.2, -0.15) is 4.52 Å². The van der Waals surface area contributed by atoms with Crippen molar-refractivity contribution in [1.29, 1.82) is 0 Å². The minimum atomic E-state index is -1.09. The number of likely N-dealkylation sites (tertiary alicyclic amines) is 1. The maximum Gasteiger partial charge on any atom is 0.220 e. The fourth-order valence-electron chi connectivity index (χ4n) is 4.80. The minimum absolute atomic E-state index is 0.166. The second-order valence-electron chi connectivity index (χ2n) is 9.57. The van der Waals surface area contributed by atoms with Gasteiger partial charge in [0.05, 0.1) is 6.04 Å². The number of benzene rings is 1. The molecule has 1 aromatic carbocycles. The van der Waals surface area contributed by atoms with Gasteiger partial charge >= 0.3 is 0 Å². The highest BCUT2D eigenvalue weighted by atomic mass is 19.1.